The van der Waals surface area contributed by atoms with Crippen molar-refractivity contribution in [2.75, 3.05) is 256 Å². The molecular weight excluding hydrogens is 1490 g/mol. The standard InChI is InChI=1S/C11H25N3.C10H25N3.C10H24N2.C10H23N.C9H20N2.C8H20N2.C8H19N.C7H19N3.C6H16N2.2C5H12O.2C4H11N/c1-2-3-6-13-8-10-14(11-9-13)7-4-5-12;1-2-3-7-12-9-5-10-13-8-4-6-11;1-2-3-9-12-10-7-5-4-6-8-11;1-2-3-4-5-6-7-8-9-10-11;1-3-4-5-11-8-6-10(2)7-9-11;1-3-4-7-10(2)8-5-6-9;1-2-3-4-5-6-7-8-9;1-2-5-10(6-3-8)7-4-9;1-2-5-8-6-3-4-7;1-5(2,3)4-6;1-2-3-4-5-6;1-4(2)3-5;1-2-3-4-5/h2-12H2,1H3;12-13H,2-11H2,1H3;12H,2-11H2,1H3;2-11H2,1H3;3-9H2,1-2H3;3-9H2,1-2H3;2-9H2,1H3;2-9H2,1H3;8H,2-7H2,1H3;6H,4H2,1-3H3;6H,2-5H2,1H3;4H,3,5H2,1-2H3;2-5H2,1H3. The minimum Gasteiger partial charge on any atom is -0.396 e. The number of unbranched alkanes of at least 4 members (excludes halogenated alkanes) is 23. The van der Waals surface area contributed by atoms with E-state index in [-0.39, 0.29) is 12.0 Å². The summed E-state index contributed by atoms with van der Waals surface area (Å²) in [5.41, 5.74) is 58.9. The van der Waals surface area contributed by atoms with E-state index in [1.165, 1.54) is 316 Å². The Morgan fingerprint density at radius 2 is 0.567 bits per heavy atom. The van der Waals surface area contributed by atoms with Crippen LogP contribution in [0.4, 0.5) is 0 Å². The molecule has 2 rings (SSSR count). The third-order valence-electron chi connectivity index (χ3n) is 19.3. The van der Waals surface area contributed by atoms with Crippen LogP contribution >= 0.6 is 0 Å². The highest BCUT2D eigenvalue weighted by molar-refractivity contribution is 4.72. The van der Waals surface area contributed by atoms with Crippen molar-refractivity contribution in [1.29, 1.82) is 0 Å². The summed E-state index contributed by atoms with van der Waals surface area (Å²) in [7, 11) is 4.36. The number of hydrogen-bond acceptors (Lipinski definition) is 23. The molecule has 0 aliphatic carbocycles. The van der Waals surface area contributed by atoms with Gasteiger partial charge in [0.25, 0.3) is 0 Å². The van der Waals surface area contributed by atoms with Crippen LogP contribution in [0.15, 0.2) is 0 Å². The number of aliphatic hydroxyl groups excluding tert-OH is 2. The van der Waals surface area contributed by atoms with Crippen LogP contribution in [0.3, 0.4) is 0 Å². The van der Waals surface area contributed by atoms with E-state index in [1.807, 2.05) is 20.8 Å². The fourth-order valence-corrected chi connectivity index (χ4v) is 10.9. The molecule has 28 N–H and O–H groups in total. The predicted molar refractivity (Wildman–Crippen MR) is 547 cm³/mol. The molecule has 2 aliphatic rings. The van der Waals surface area contributed by atoms with Gasteiger partial charge < -0.3 is 124 Å². The van der Waals surface area contributed by atoms with E-state index in [9.17, 15) is 0 Å². The molecule has 120 heavy (non-hydrogen) atoms. The zero-order chi connectivity index (χ0) is 92.8. The molecule has 0 aromatic carbocycles. The van der Waals surface area contributed by atoms with Crippen LogP contribution in [0.2, 0.25) is 0 Å². The maximum Gasteiger partial charge on any atom is 0.0479 e. The van der Waals surface area contributed by atoms with Crippen LogP contribution in [-0.4, -0.2) is 296 Å². The Hall–Kier alpha value is -0.920. The average Bonchev–Trinajstić information content (AvgIpc) is 0.913. The Balaban J connectivity index is -0.000000120. The summed E-state index contributed by atoms with van der Waals surface area (Å²) in [5.74, 6) is 0.662. The van der Waals surface area contributed by atoms with Crippen LogP contribution in [0.1, 0.15) is 368 Å². The number of rotatable bonds is 65. The lowest BCUT2D eigenvalue weighted by atomic mass is 9.99. The SMILES string of the molecule is CC(C)(C)CO.CC(C)CN.CCCCCCCCCCN.CCCCCCCCN.CCCCCO.CCCCN.CCCCN(C)CCCN.CCCCN1CCN(C)CC1.CCCCN1CCN(CCCN)CC1.CCCCNCCCCCCN.CCCCNCCCNCCCN.CCCN(CCN)CCN.CCCNCCCN. The second-order valence-electron chi connectivity index (χ2n) is 34.2. The lowest BCUT2D eigenvalue weighted by Crippen LogP contribution is -2.46. The van der Waals surface area contributed by atoms with Gasteiger partial charge in [-0.1, -0.05) is 252 Å². The van der Waals surface area contributed by atoms with Gasteiger partial charge in [0, 0.05) is 91.8 Å². The molecule has 2 heterocycles. The van der Waals surface area contributed by atoms with E-state index in [4.69, 9.17) is 73.3 Å². The fraction of sp³-hybridized carbons (Fsp3) is 1.00. The largest absolute Gasteiger partial charge is 0.396 e. The predicted octanol–water partition coefficient (Wildman–Crippen LogP) is 14.3. The third kappa shape index (κ3) is 171. The normalized spacial score (nSPS) is 12.6. The summed E-state index contributed by atoms with van der Waals surface area (Å²) in [6.07, 6.45) is 51.1. The van der Waals surface area contributed by atoms with Gasteiger partial charge in [0.15, 0.2) is 0 Å². The molecule has 0 unspecified atom stereocenters. The zero-order valence-corrected chi connectivity index (χ0v) is 85.5. The van der Waals surface area contributed by atoms with Crippen molar-refractivity contribution in [2.45, 2.75) is 368 Å². The van der Waals surface area contributed by atoms with Gasteiger partial charge in [-0.3, -0.25) is 0 Å². The highest BCUT2D eigenvalue weighted by Gasteiger charge is 2.16. The van der Waals surface area contributed by atoms with Crippen molar-refractivity contribution in [1.82, 2.24) is 50.7 Å². The van der Waals surface area contributed by atoms with Crippen molar-refractivity contribution in [3.63, 3.8) is 0 Å². The number of hydrogen-bond donors (Lipinski definition) is 17. The van der Waals surface area contributed by atoms with Crippen LogP contribution in [0, 0.1) is 11.3 Å². The second-order valence-corrected chi connectivity index (χ2v) is 34.2. The Morgan fingerprint density at radius 1 is 0.283 bits per heavy atom. The molecule has 0 radical (unpaired) electrons. The molecule has 0 aromatic heterocycles. The number of nitrogens with two attached hydrogens (primary N) is 11. The average molecular weight is 1730 g/mol. The minimum absolute atomic E-state index is 0.0972. The third-order valence-corrected chi connectivity index (χ3v) is 19.3. The summed E-state index contributed by atoms with van der Waals surface area (Å²) in [4.78, 5) is 14.7. The highest BCUT2D eigenvalue weighted by Crippen LogP contribution is 2.10. The maximum absolute atomic E-state index is 8.40. The molecule has 23 nitrogen and oxygen atoms in total. The first-order valence-electron chi connectivity index (χ1n) is 51.1. The smallest absolute Gasteiger partial charge is 0.0479 e. The van der Waals surface area contributed by atoms with E-state index < -0.39 is 0 Å². The summed E-state index contributed by atoms with van der Waals surface area (Å²) >= 11 is 0. The van der Waals surface area contributed by atoms with Crippen molar-refractivity contribution in [3.05, 3.63) is 0 Å². The first-order valence-corrected chi connectivity index (χ1v) is 51.1. The van der Waals surface area contributed by atoms with Gasteiger partial charge in [0.1, 0.15) is 0 Å². The lowest BCUT2D eigenvalue weighted by Gasteiger charge is -2.34. The molecule has 23 heteroatoms. The van der Waals surface area contributed by atoms with E-state index in [1.54, 1.807) is 0 Å². The quantitative estimate of drug-likeness (QED) is 0.0251. The summed E-state index contributed by atoms with van der Waals surface area (Å²) < 4.78 is 0. The molecule has 2 fully saturated rings. The molecule has 0 bridgehead atoms. The first kappa shape index (κ1) is 142. The molecule has 0 spiro atoms. The number of nitrogens with one attached hydrogen (secondary N) is 4. The van der Waals surface area contributed by atoms with Gasteiger partial charge in [-0.25, -0.2) is 0 Å². The van der Waals surface area contributed by atoms with Crippen LogP contribution in [0.5, 0.6) is 0 Å². The summed E-state index contributed by atoms with van der Waals surface area (Å²) in [6.45, 7) is 72.3. The van der Waals surface area contributed by atoms with E-state index in [2.05, 4.69) is 155 Å². The van der Waals surface area contributed by atoms with E-state index >= 15 is 0 Å². The minimum atomic E-state index is 0.0972. The molecule has 0 saturated carbocycles. The van der Waals surface area contributed by atoms with Gasteiger partial charge in [0.2, 0.25) is 0 Å². The Labute approximate surface area is 755 Å². The molecule has 0 atom stereocenters. The molecular formula is C97H237N21O2. The number of piperazine rings is 2. The number of aliphatic hydroxyl groups is 2. The topological polar surface area (TPSA) is 394 Å². The lowest BCUT2D eigenvalue weighted by molar-refractivity contribution is 0.131. The Morgan fingerprint density at radius 3 is 0.858 bits per heavy atom. The van der Waals surface area contributed by atoms with E-state index in [0.29, 0.717) is 12.5 Å². The molecule has 0 amide bonds. The van der Waals surface area contributed by atoms with E-state index in [0.717, 1.165) is 169 Å². The number of likely N-dealkylation sites (N-methyl/N-ethyl adjacent to an activating group) is 1. The molecule has 0 aromatic rings. The van der Waals surface area contributed by atoms with Crippen LogP contribution in [-0.2, 0) is 0 Å². The van der Waals surface area contributed by atoms with Gasteiger partial charge in [-0.05, 0) is 292 Å². The van der Waals surface area contributed by atoms with Gasteiger partial charge >= 0.3 is 0 Å². The van der Waals surface area contributed by atoms with Crippen molar-refractivity contribution >= 4 is 0 Å². The van der Waals surface area contributed by atoms with Crippen molar-refractivity contribution in [3.8, 4) is 0 Å². The molecule has 2 saturated heterocycles. The first-order chi connectivity index (χ1) is 58.1. The van der Waals surface area contributed by atoms with Gasteiger partial charge in [0.05, 0.1) is 0 Å². The monoisotopic (exact) mass is 1730 g/mol. The fourth-order valence-electron chi connectivity index (χ4n) is 10.9. The second kappa shape index (κ2) is 141. The Kier molecular flexibility index (Phi) is 167. The zero-order valence-electron chi connectivity index (χ0n) is 85.5. The maximum atomic E-state index is 8.40. The van der Waals surface area contributed by atoms with Crippen LogP contribution < -0.4 is 84.3 Å². The summed E-state index contributed by atoms with van der Waals surface area (Å²) in [6, 6.07) is 0. The number of nitrogens with zero attached hydrogens (tertiary/aromatic N) is 6. The summed E-state index contributed by atoms with van der Waals surface area (Å²) in [5, 5.41) is 30.1. The van der Waals surface area contributed by atoms with Gasteiger partial charge in [-0.15, -0.1) is 0 Å². The molecule has 742 valence electrons. The Bertz CT molecular complexity index is 1440. The van der Waals surface area contributed by atoms with Gasteiger partial charge in [-0.2, -0.15) is 0 Å². The van der Waals surface area contributed by atoms with Crippen molar-refractivity contribution < 1.29 is 10.2 Å². The van der Waals surface area contributed by atoms with Crippen LogP contribution in [0.25, 0.3) is 0 Å². The van der Waals surface area contributed by atoms with Crippen molar-refractivity contribution in [2.24, 2.45) is 74.4 Å². The highest BCUT2D eigenvalue weighted by atomic mass is 16.3. The molecule has 2 aliphatic heterocycles.